The molecule has 1 aromatic carbocycles. The van der Waals surface area contributed by atoms with Gasteiger partial charge in [-0.1, -0.05) is 49.9 Å². The third kappa shape index (κ3) is 3.96. The van der Waals surface area contributed by atoms with Gasteiger partial charge in [-0.2, -0.15) is 0 Å². The lowest BCUT2D eigenvalue weighted by Gasteiger charge is -2.36. The maximum Gasteiger partial charge on any atom is 0.0896 e. The van der Waals surface area contributed by atoms with Crippen LogP contribution in [0.1, 0.15) is 69.5 Å². The summed E-state index contributed by atoms with van der Waals surface area (Å²) in [6, 6.07) is 9.78. The highest BCUT2D eigenvalue weighted by molar-refractivity contribution is 5.29. The molecule has 1 aliphatic carbocycles. The number of nitrogens with zero attached hydrogens (tertiary/aromatic N) is 1. The van der Waals surface area contributed by atoms with Gasteiger partial charge in [0, 0.05) is 31.7 Å². The summed E-state index contributed by atoms with van der Waals surface area (Å²) in [5.74, 6) is 0. The molecule has 0 bridgehead atoms. The van der Waals surface area contributed by atoms with Gasteiger partial charge in [-0.25, -0.2) is 0 Å². The molecule has 3 rings (SSSR count). The summed E-state index contributed by atoms with van der Waals surface area (Å²) >= 11 is 0. The molecule has 128 valence electrons. The summed E-state index contributed by atoms with van der Waals surface area (Å²) in [5.41, 5.74) is 1.86. The summed E-state index contributed by atoms with van der Waals surface area (Å²) < 4.78 is 0. The minimum absolute atomic E-state index is 0.406. The highest BCUT2D eigenvalue weighted by Crippen LogP contribution is 2.36. The smallest absolute Gasteiger partial charge is 0.0896 e. The number of hydrogen-bond donors (Lipinski definition) is 2. The quantitative estimate of drug-likeness (QED) is 0.837. The molecule has 1 saturated heterocycles. The van der Waals surface area contributed by atoms with Crippen molar-refractivity contribution in [2.75, 3.05) is 19.6 Å². The van der Waals surface area contributed by atoms with Crippen LogP contribution in [0.25, 0.3) is 0 Å². The first-order valence-electron chi connectivity index (χ1n) is 9.39. The van der Waals surface area contributed by atoms with Crippen molar-refractivity contribution in [3.05, 3.63) is 35.4 Å². The van der Waals surface area contributed by atoms with Gasteiger partial charge in [0.15, 0.2) is 0 Å². The highest BCUT2D eigenvalue weighted by Gasteiger charge is 2.30. The van der Waals surface area contributed by atoms with Gasteiger partial charge in [-0.05, 0) is 37.8 Å². The SMILES string of the molecule is CC(C)N1CCNC(c2ccc(C3(O)CCCCCC3)cc2)C1. The third-order valence-corrected chi connectivity index (χ3v) is 5.72. The molecule has 2 N–H and O–H groups in total. The molecule has 2 aliphatic rings. The zero-order valence-electron chi connectivity index (χ0n) is 14.7. The average Bonchev–Trinajstić information content (AvgIpc) is 2.81. The number of hydrogen-bond acceptors (Lipinski definition) is 3. The topological polar surface area (TPSA) is 35.5 Å². The van der Waals surface area contributed by atoms with Crippen molar-refractivity contribution in [3.8, 4) is 0 Å². The van der Waals surface area contributed by atoms with E-state index in [4.69, 9.17) is 0 Å². The third-order valence-electron chi connectivity index (χ3n) is 5.72. The Morgan fingerprint density at radius 1 is 1.09 bits per heavy atom. The van der Waals surface area contributed by atoms with E-state index in [0.29, 0.717) is 12.1 Å². The van der Waals surface area contributed by atoms with Crippen molar-refractivity contribution in [2.45, 2.75) is 70.1 Å². The van der Waals surface area contributed by atoms with Crippen LogP contribution in [0.5, 0.6) is 0 Å². The summed E-state index contributed by atoms with van der Waals surface area (Å²) in [6.45, 7) is 7.79. The standard InChI is InChI=1S/C20H32N2O/c1-16(2)22-14-13-21-19(15-22)17-7-9-18(10-8-17)20(23)11-5-3-4-6-12-20/h7-10,16,19,21,23H,3-6,11-15H2,1-2H3. The Hall–Kier alpha value is -0.900. The minimum Gasteiger partial charge on any atom is -0.385 e. The van der Waals surface area contributed by atoms with Gasteiger partial charge in [0.2, 0.25) is 0 Å². The van der Waals surface area contributed by atoms with E-state index in [9.17, 15) is 5.11 Å². The van der Waals surface area contributed by atoms with Gasteiger partial charge >= 0.3 is 0 Å². The van der Waals surface area contributed by atoms with Gasteiger partial charge in [-0.3, -0.25) is 4.90 Å². The van der Waals surface area contributed by atoms with Crippen LogP contribution in [0.2, 0.25) is 0 Å². The average molecular weight is 316 g/mol. The molecule has 3 nitrogen and oxygen atoms in total. The first-order valence-corrected chi connectivity index (χ1v) is 9.39. The molecule has 1 aliphatic heterocycles. The lowest BCUT2D eigenvalue weighted by molar-refractivity contribution is 0.0207. The van der Waals surface area contributed by atoms with E-state index in [-0.39, 0.29) is 0 Å². The van der Waals surface area contributed by atoms with Crippen LogP contribution in [-0.4, -0.2) is 35.7 Å². The zero-order valence-corrected chi connectivity index (χ0v) is 14.7. The molecule has 3 heteroatoms. The van der Waals surface area contributed by atoms with Gasteiger partial charge in [0.25, 0.3) is 0 Å². The van der Waals surface area contributed by atoms with E-state index < -0.39 is 5.60 Å². The number of nitrogens with one attached hydrogen (secondary N) is 1. The van der Waals surface area contributed by atoms with Crippen LogP contribution in [0.15, 0.2) is 24.3 Å². The van der Waals surface area contributed by atoms with Crippen molar-refractivity contribution < 1.29 is 5.11 Å². The number of aliphatic hydroxyl groups is 1. The van der Waals surface area contributed by atoms with Gasteiger partial charge in [-0.15, -0.1) is 0 Å². The Bertz CT molecular complexity index is 489. The molecule has 0 spiro atoms. The molecular formula is C20H32N2O. The second kappa shape index (κ2) is 7.33. The Labute approximate surface area is 141 Å². The number of piperazine rings is 1. The molecule has 0 amide bonds. The van der Waals surface area contributed by atoms with E-state index in [1.807, 2.05) is 0 Å². The van der Waals surface area contributed by atoms with Crippen LogP contribution >= 0.6 is 0 Å². The monoisotopic (exact) mass is 316 g/mol. The summed E-state index contributed by atoms with van der Waals surface area (Å²) in [6.07, 6.45) is 6.64. The molecule has 0 radical (unpaired) electrons. The van der Waals surface area contributed by atoms with Crippen LogP contribution in [0, 0.1) is 0 Å². The first kappa shape index (κ1) is 16.9. The predicted octanol–water partition coefficient (Wildman–Crippen LogP) is 3.58. The Kier molecular flexibility index (Phi) is 5.40. The largest absolute Gasteiger partial charge is 0.385 e. The van der Waals surface area contributed by atoms with Gasteiger partial charge < -0.3 is 10.4 Å². The molecule has 1 unspecified atom stereocenters. The predicted molar refractivity (Wildman–Crippen MR) is 95.5 cm³/mol. The second-order valence-electron chi connectivity index (χ2n) is 7.66. The van der Waals surface area contributed by atoms with Crippen LogP contribution in [-0.2, 0) is 5.60 Å². The fourth-order valence-corrected chi connectivity index (χ4v) is 4.09. The maximum atomic E-state index is 11.0. The Balaban J connectivity index is 1.71. The van der Waals surface area contributed by atoms with Crippen LogP contribution in [0.3, 0.4) is 0 Å². The first-order chi connectivity index (χ1) is 11.1. The van der Waals surface area contributed by atoms with Crippen LogP contribution < -0.4 is 5.32 Å². The van der Waals surface area contributed by atoms with Crippen molar-refractivity contribution in [2.24, 2.45) is 0 Å². The van der Waals surface area contributed by atoms with Crippen molar-refractivity contribution in [3.63, 3.8) is 0 Å². The molecule has 1 aromatic rings. The van der Waals surface area contributed by atoms with Crippen molar-refractivity contribution in [1.29, 1.82) is 0 Å². The Morgan fingerprint density at radius 2 is 1.74 bits per heavy atom. The molecule has 1 heterocycles. The Morgan fingerprint density at radius 3 is 2.35 bits per heavy atom. The molecule has 1 saturated carbocycles. The van der Waals surface area contributed by atoms with E-state index in [1.165, 1.54) is 18.4 Å². The molecule has 1 atom stereocenters. The zero-order chi connectivity index (χ0) is 16.3. The van der Waals surface area contributed by atoms with Gasteiger partial charge in [0.1, 0.15) is 0 Å². The fraction of sp³-hybridized carbons (Fsp3) is 0.700. The number of rotatable bonds is 3. The maximum absolute atomic E-state index is 11.0. The molecule has 23 heavy (non-hydrogen) atoms. The fourth-order valence-electron chi connectivity index (χ4n) is 4.09. The van der Waals surface area contributed by atoms with Crippen molar-refractivity contribution in [1.82, 2.24) is 10.2 Å². The van der Waals surface area contributed by atoms with E-state index in [0.717, 1.165) is 50.9 Å². The summed E-state index contributed by atoms with van der Waals surface area (Å²) in [4.78, 5) is 2.54. The summed E-state index contributed by atoms with van der Waals surface area (Å²) in [7, 11) is 0. The second-order valence-corrected chi connectivity index (χ2v) is 7.66. The molecule has 0 aromatic heterocycles. The molecular weight excluding hydrogens is 284 g/mol. The highest BCUT2D eigenvalue weighted by atomic mass is 16.3. The van der Waals surface area contributed by atoms with Crippen LogP contribution in [0.4, 0.5) is 0 Å². The van der Waals surface area contributed by atoms with E-state index >= 15 is 0 Å². The number of benzene rings is 1. The molecule has 2 fully saturated rings. The summed E-state index contributed by atoms with van der Waals surface area (Å²) in [5, 5.41) is 14.6. The van der Waals surface area contributed by atoms with E-state index in [2.05, 4.69) is 48.3 Å². The van der Waals surface area contributed by atoms with Crippen molar-refractivity contribution >= 4 is 0 Å². The van der Waals surface area contributed by atoms with E-state index in [1.54, 1.807) is 0 Å². The normalized spacial score (nSPS) is 26.2. The van der Waals surface area contributed by atoms with Gasteiger partial charge in [0.05, 0.1) is 5.60 Å². The minimum atomic E-state index is -0.598. The lowest BCUT2D eigenvalue weighted by atomic mass is 9.85. The lowest BCUT2D eigenvalue weighted by Crippen LogP contribution is -2.48.